The second-order valence-corrected chi connectivity index (χ2v) is 6.88. The van der Waals surface area contributed by atoms with Crippen LogP contribution < -0.4 is 4.90 Å². The van der Waals surface area contributed by atoms with Crippen LogP contribution in [0.25, 0.3) is 10.9 Å². The van der Waals surface area contributed by atoms with Crippen LogP contribution in [0.5, 0.6) is 0 Å². The highest BCUT2D eigenvalue weighted by molar-refractivity contribution is 6.03. The maximum Gasteiger partial charge on any atom is 0.256 e. The van der Waals surface area contributed by atoms with Crippen molar-refractivity contribution in [3.63, 3.8) is 0 Å². The largest absolute Gasteiger partial charge is 0.327 e. The van der Waals surface area contributed by atoms with Gasteiger partial charge >= 0.3 is 0 Å². The van der Waals surface area contributed by atoms with E-state index in [1.807, 2.05) is 68.4 Å². The predicted octanol–water partition coefficient (Wildman–Crippen LogP) is 3.34. The Morgan fingerprint density at radius 3 is 2.52 bits per heavy atom. The number of amides is 2. The number of anilines is 1. The Labute approximate surface area is 158 Å². The third-order valence-electron chi connectivity index (χ3n) is 5.04. The number of hydrogen-bond donors (Lipinski definition) is 0. The number of aryl methyl sites for hydroxylation is 2. The molecule has 3 aromatic rings. The molecular weight excluding hydrogens is 338 g/mol. The van der Waals surface area contributed by atoms with E-state index in [9.17, 15) is 9.59 Å². The van der Waals surface area contributed by atoms with E-state index in [2.05, 4.69) is 4.98 Å². The maximum atomic E-state index is 13.1. The summed E-state index contributed by atoms with van der Waals surface area (Å²) in [6, 6.07) is 17.4. The Hall–Kier alpha value is -3.21. The minimum atomic E-state index is -0.135. The van der Waals surface area contributed by atoms with Crippen LogP contribution in [0, 0.1) is 13.8 Å². The predicted molar refractivity (Wildman–Crippen MR) is 106 cm³/mol. The second-order valence-electron chi connectivity index (χ2n) is 6.88. The lowest BCUT2D eigenvalue weighted by atomic mass is 10.1. The van der Waals surface area contributed by atoms with Crippen LogP contribution >= 0.6 is 0 Å². The zero-order valence-electron chi connectivity index (χ0n) is 15.5. The fourth-order valence-corrected chi connectivity index (χ4v) is 3.55. The molecule has 2 amide bonds. The van der Waals surface area contributed by atoms with E-state index in [-0.39, 0.29) is 18.4 Å². The molecule has 0 aliphatic carbocycles. The summed E-state index contributed by atoms with van der Waals surface area (Å²) < 4.78 is 0. The van der Waals surface area contributed by atoms with Crippen molar-refractivity contribution in [1.29, 1.82) is 0 Å². The smallest absolute Gasteiger partial charge is 0.256 e. The molecule has 0 saturated carbocycles. The Morgan fingerprint density at radius 1 is 1.00 bits per heavy atom. The first kappa shape index (κ1) is 17.2. The molecule has 0 atom stereocenters. The number of fused-ring (bicyclic) bond motifs is 1. The Kier molecular flexibility index (Phi) is 4.36. The normalized spacial score (nSPS) is 14.7. The van der Waals surface area contributed by atoms with Crippen LogP contribution in [0.1, 0.15) is 21.6 Å². The first-order valence-electron chi connectivity index (χ1n) is 9.06. The summed E-state index contributed by atoms with van der Waals surface area (Å²) >= 11 is 0. The summed E-state index contributed by atoms with van der Waals surface area (Å²) in [5.41, 5.74) is 4.13. The van der Waals surface area contributed by atoms with Crippen molar-refractivity contribution in [2.45, 2.75) is 13.8 Å². The summed E-state index contributed by atoms with van der Waals surface area (Å²) in [5, 5.41) is 0.943. The minimum Gasteiger partial charge on any atom is -0.327 e. The molecule has 1 aliphatic heterocycles. The van der Waals surface area contributed by atoms with Gasteiger partial charge in [-0.05, 0) is 37.6 Å². The van der Waals surface area contributed by atoms with E-state index in [1.165, 1.54) is 0 Å². The van der Waals surface area contributed by atoms with Gasteiger partial charge in [-0.25, -0.2) is 0 Å². The third-order valence-corrected chi connectivity index (χ3v) is 5.04. The van der Waals surface area contributed by atoms with E-state index in [0.29, 0.717) is 24.3 Å². The lowest BCUT2D eigenvalue weighted by Crippen LogP contribution is -2.52. The number of hydrogen-bond acceptors (Lipinski definition) is 3. The highest BCUT2D eigenvalue weighted by atomic mass is 16.2. The molecule has 2 aromatic carbocycles. The molecule has 1 aliphatic rings. The quantitative estimate of drug-likeness (QED) is 0.705. The van der Waals surface area contributed by atoms with E-state index >= 15 is 0 Å². The van der Waals surface area contributed by atoms with Crippen LogP contribution in [-0.2, 0) is 4.79 Å². The van der Waals surface area contributed by atoms with Crippen molar-refractivity contribution in [3.8, 4) is 0 Å². The number of piperazine rings is 1. The molecule has 5 nitrogen and oxygen atoms in total. The van der Waals surface area contributed by atoms with Gasteiger partial charge in [0.25, 0.3) is 5.91 Å². The monoisotopic (exact) mass is 359 g/mol. The van der Waals surface area contributed by atoms with Gasteiger partial charge in [-0.15, -0.1) is 0 Å². The van der Waals surface area contributed by atoms with Crippen LogP contribution in [0.2, 0.25) is 0 Å². The van der Waals surface area contributed by atoms with Crippen molar-refractivity contribution < 1.29 is 9.59 Å². The van der Waals surface area contributed by atoms with Gasteiger partial charge in [0.15, 0.2) is 0 Å². The minimum absolute atomic E-state index is 0.0666. The van der Waals surface area contributed by atoms with Crippen LogP contribution in [0.4, 0.5) is 5.69 Å². The van der Waals surface area contributed by atoms with E-state index in [1.54, 1.807) is 9.80 Å². The van der Waals surface area contributed by atoms with Gasteiger partial charge in [0.2, 0.25) is 5.91 Å². The summed E-state index contributed by atoms with van der Waals surface area (Å²) in [7, 11) is 0. The summed E-state index contributed by atoms with van der Waals surface area (Å²) in [6.45, 7) is 4.94. The SMILES string of the molecule is Cc1nc2c(C)cccc2cc1C(=O)N1CCN(c2ccccc2)C(=O)C1. The van der Waals surface area contributed by atoms with Crippen molar-refractivity contribution in [2.75, 3.05) is 24.5 Å². The molecule has 1 aromatic heterocycles. The molecule has 0 unspecified atom stereocenters. The lowest BCUT2D eigenvalue weighted by Gasteiger charge is -2.34. The first-order valence-corrected chi connectivity index (χ1v) is 9.06. The zero-order chi connectivity index (χ0) is 19.0. The van der Waals surface area contributed by atoms with E-state index in [4.69, 9.17) is 0 Å². The summed E-state index contributed by atoms with van der Waals surface area (Å²) in [6.07, 6.45) is 0. The van der Waals surface area contributed by atoms with Crippen LogP contribution in [0.3, 0.4) is 0 Å². The summed E-state index contributed by atoms with van der Waals surface area (Å²) in [5.74, 6) is -0.201. The topological polar surface area (TPSA) is 53.5 Å². The van der Waals surface area contributed by atoms with E-state index in [0.717, 1.165) is 22.2 Å². The Morgan fingerprint density at radius 2 is 1.78 bits per heavy atom. The number of benzene rings is 2. The summed E-state index contributed by atoms with van der Waals surface area (Å²) in [4.78, 5) is 33.6. The third kappa shape index (κ3) is 3.16. The van der Waals surface area contributed by atoms with Crippen molar-refractivity contribution >= 4 is 28.4 Å². The average molecular weight is 359 g/mol. The molecule has 0 spiro atoms. The molecule has 27 heavy (non-hydrogen) atoms. The molecule has 2 heterocycles. The van der Waals surface area contributed by atoms with Crippen LogP contribution in [0.15, 0.2) is 54.6 Å². The number of rotatable bonds is 2. The molecule has 0 bridgehead atoms. The molecule has 0 radical (unpaired) electrons. The van der Waals surface area contributed by atoms with Gasteiger partial charge in [0.05, 0.1) is 16.8 Å². The molecular formula is C22H21N3O2. The van der Waals surface area contributed by atoms with Gasteiger partial charge < -0.3 is 9.80 Å². The number of aromatic nitrogens is 1. The van der Waals surface area contributed by atoms with Gasteiger partial charge in [0.1, 0.15) is 6.54 Å². The van der Waals surface area contributed by atoms with Gasteiger partial charge in [-0.3, -0.25) is 14.6 Å². The molecule has 1 fully saturated rings. The Bertz CT molecular complexity index is 1030. The molecule has 0 N–H and O–H groups in total. The molecule has 5 heteroatoms. The standard InChI is InChI=1S/C22H21N3O2/c1-15-7-6-8-17-13-19(16(2)23-21(15)17)22(27)24-11-12-25(20(26)14-24)18-9-4-3-5-10-18/h3-10,13H,11-12,14H2,1-2H3. The number of para-hydroxylation sites is 2. The van der Waals surface area contributed by atoms with Crippen molar-refractivity contribution in [3.05, 3.63) is 71.4 Å². The van der Waals surface area contributed by atoms with Crippen molar-refractivity contribution in [1.82, 2.24) is 9.88 Å². The lowest BCUT2D eigenvalue weighted by molar-refractivity contribution is -0.120. The van der Waals surface area contributed by atoms with Gasteiger partial charge in [-0.1, -0.05) is 36.4 Å². The highest BCUT2D eigenvalue weighted by Crippen LogP contribution is 2.22. The number of carbonyl (C=O) groups is 2. The zero-order valence-corrected chi connectivity index (χ0v) is 15.5. The molecule has 136 valence electrons. The number of carbonyl (C=O) groups excluding carboxylic acids is 2. The molecule has 1 saturated heterocycles. The van der Waals surface area contributed by atoms with E-state index < -0.39 is 0 Å². The fraction of sp³-hybridized carbons (Fsp3) is 0.227. The van der Waals surface area contributed by atoms with Gasteiger partial charge in [0, 0.05) is 24.2 Å². The average Bonchev–Trinajstić information content (AvgIpc) is 2.68. The van der Waals surface area contributed by atoms with Crippen LogP contribution in [-0.4, -0.2) is 41.3 Å². The highest BCUT2D eigenvalue weighted by Gasteiger charge is 2.29. The maximum absolute atomic E-state index is 13.1. The van der Waals surface area contributed by atoms with Gasteiger partial charge in [-0.2, -0.15) is 0 Å². The fourth-order valence-electron chi connectivity index (χ4n) is 3.55. The Balaban J connectivity index is 1.58. The number of pyridine rings is 1. The van der Waals surface area contributed by atoms with Crippen molar-refractivity contribution in [2.24, 2.45) is 0 Å². The first-order chi connectivity index (χ1) is 13.0. The second kappa shape index (κ2) is 6.83. The molecule has 4 rings (SSSR count). The number of nitrogens with zero attached hydrogens (tertiary/aromatic N) is 3.